The Morgan fingerprint density at radius 2 is 2.17 bits per heavy atom. The van der Waals surface area contributed by atoms with Crippen LogP contribution >= 0.6 is 27.3 Å². The van der Waals surface area contributed by atoms with E-state index in [0.717, 1.165) is 57.1 Å². The largest absolute Gasteiger partial charge is 0.355 e. The highest BCUT2D eigenvalue weighted by molar-refractivity contribution is 9.10. The van der Waals surface area contributed by atoms with E-state index in [4.69, 9.17) is 4.98 Å². The second-order valence-electron chi connectivity index (χ2n) is 7.56. The average molecular weight is 488 g/mol. The number of halogens is 1. The molecule has 0 bridgehead atoms. The first-order valence-electron chi connectivity index (χ1n) is 10.4. The van der Waals surface area contributed by atoms with Crippen molar-refractivity contribution in [3.63, 3.8) is 0 Å². The van der Waals surface area contributed by atoms with E-state index in [2.05, 4.69) is 36.9 Å². The normalized spacial score (nSPS) is 14.7. The van der Waals surface area contributed by atoms with Gasteiger partial charge >= 0.3 is 0 Å². The Balaban J connectivity index is 1.48. The highest BCUT2D eigenvalue weighted by atomic mass is 79.9. The monoisotopic (exact) mass is 487 g/mol. The third-order valence-corrected chi connectivity index (χ3v) is 7.23. The van der Waals surface area contributed by atoms with Crippen LogP contribution in [0.3, 0.4) is 0 Å². The number of aromatic nitrogens is 2. The summed E-state index contributed by atoms with van der Waals surface area (Å²) >= 11 is 5.22. The molecule has 6 nitrogen and oxygen atoms in total. The van der Waals surface area contributed by atoms with Crippen molar-refractivity contribution < 1.29 is 4.79 Å². The van der Waals surface area contributed by atoms with Gasteiger partial charge in [0.05, 0.1) is 9.35 Å². The number of thiophene rings is 1. The van der Waals surface area contributed by atoms with Crippen molar-refractivity contribution in [2.24, 2.45) is 5.92 Å². The van der Waals surface area contributed by atoms with Gasteiger partial charge in [-0.1, -0.05) is 6.07 Å². The van der Waals surface area contributed by atoms with Gasteiger partial charge in [0.15, 0.2) is 0 Å². The zero-order valence-electron chi connectivity index (χ0n) is 17.0. The molecule has 1 fully saturated rings. The number of nitrogens with one attached hydrogen (secondary N) is 3. The summed E-state index contributed by atoms with van der Waals surface area (Å²) < 4.78 is 1.91. The van der Waals surface area contributed by atoms with Crippen LogP contribution in [0.25, 0.3) is 20.7 Å². The van der Waals surface area contributed by atoms with E-state index >= 15 is 0 Å². The number of carbonyl (C=O) groups is 1. The second kappa shape index (κ2) is 9.85. The van der Waals surface area contributed by atoms with E-state index in [-0.39, 0.29) is 5.91 Å². The molecule has 1 amide bonds. The molecule has 158 valence electrons. The first-order valence-corrected chi connectivity index (χ1v) is 12.0. The SMILES string of the molecule is CNC(=O)c1cccc2sc(-c3nc(NCCCC4CCNCC4)ncc3Br)cc12. The number of piperidine rings is 1. The number of nitrogens with zero attached hydrogens (tertiary/aromatic N) is 2. The van der Waals surface area contributed by atoms with Crippen molar-refractivity contribution in [2.75, 3.05) is 32.0 Å². The Labute approximate surface area is 189 Å². The number of rotatable bonds is 7. The minimum atomic E-state index is -0.0807. The van der Waals surface area contributed by atoms with Crippen LogP contribution in [-0.4, -0.2) is 42.6 Å². The fourth-order valence-electron chi connectivity index (χ4n) is 3.90. The first kappa shape index (κ1) is 21.2. The minimum absolute atomic E-state index is 0.0807. The van der Waals surface area contributed by atoms with Gasteiger partial charge < -0.3 is 16.0 Å². The molecule has 2 aromatic heterocycles. The van der Waals surface area contributed by atoms with Crippen LogP contribution in [0.15, 0.2) is 34.9 Å². The molecule has 0 atom stereocenters. The van der Waals surface area contributed by atoms with Crippen molar-refractivity contribution >= 4 is 49.2 Å². The summed E-state index contributed by atoms with van der Waals surface area (Å²) in [4.78, 5) is 22.4. The third kappa shape index (κ3) is 4.82. The molecule has 4 rings (SSSR count). The van der Waals surface area contributed by atoms with Gasteiger partial charge in [-0.25, -0.2) is 9.97 Å². The standard InChI is InChI=1S/C22H26BrN5OS/c1-24-21(29)15-5-2-6-18-16(15)12-19(30-18)20-17(23)13-27-22(28-20)26-9-3-4-14-7-10-25-11-8-14/h2,5-6,12-14,25H,3-4,7-11H2,1H3,(H,24,29)(H,26,27,28). The van der Waals surface area contributed by atoms with E-state index in [0.29, 0.717) is 11.5 Å². The van der Waals surface area contributed by atoms with Gasteiger partial charge in [-0.05, 0) is 78.8 Å². The topological polar surface area (TPSA) is 78.9 Å². The highest BCUT2D eigenvalue weighted by Crippen LogP contribution is 2.37. The quantitative estimate of drug-likeness (QED) is 0.422. The molecule has 0 spiro atoms. The third-order valence-electron chi connectivity index (χ3n) is 5.54. The van der Waals surface area contributed by atoms with Gasteiger partial charge in [-0.2, -0.15) is 0 Å². The molecular formula is C22H26BrN5OS. The summed E-state index contributed by atoms with van der Waals surface area (Å²) in [6, 6.07) is 7.84. The van der Waals surface area contributed by atoms with Gasteiger partial charge in [0.1, 0.15) is 5.69 Å². The fraction of sp³-hybridized carbons (Fsp3) is 0.409. The van der Waals surface area contributed by atoms with Crippen molar-refractivity contribution in [1.82, 2.24) is 20.6 Å². The summed E-state index contributed by atoms with van der Waals surface area (Å²) in [5.41, 5.74) is 1.52. The summed E-state index contributed by atoms with van der Waals surface area (Å²) in [5, 5.41) is 10.5. The van der Waals surface area contributed by atoms with Gasteiger partial charge in [-0.15, -0.1) is 11.3 Å². The number of anilines is 1. The summed E-state index contributed by atoms with van der Waals surface area (Å²) in [5.74, 6) is 1.40. The number of fused-ring (bicyclic) bond motifs is 1. The molecular weight excluding hydrogens is 462 g/mol. The van der Waals surface area contributed by atoms with Crippen LogP contribution < -0.4 is 16.0 Å². The van der Waals surface area contributed by atoms with Gasteiger partial charge in [0.2, 0.25) is 5.95 Å². The number of benzene rings is 1. The Hall–Kier alpha value is -2.03. The van der Waals surface area contributed by atoms with Crippen molar-refractivity contribution in [2.45, 2.75) is 25.7 Å². The van der Waals surface area contributed by atoms with Crippen LogP contribution in [0.4, 0.5) is 5.95 Å². The van der Waals surface area contributed by atoms with Crippen LogP contribution in [0, 0.1) is 5.92 Å². The molecule has 3 N–H and O–H groups in total. The predicted molar refractivity (Wildman–Crippen MR) is 127 cm³/mol. The lowest BCUT2D eigenvalue weighted by molar-refractivity contribution is 0.0965. The zero-order chi connectivity index (χ0) is 20.9. The molecule has 3 aromatic rings. The smallest absolute Gasteiger partial charge is 0.251 e. The van der Waals surface area contributed by atoms with E-state index in [1.807, 2.05) is 24.3 Å². The summed E-state index contributed by atoms with van der Waals surface area (Å²) in [7, 11) is 1.65. The highest BCUT2D eigenvalue weighted by Gasteiger charge is 2.16. The Morgan fingerprint density at radius 3 is 2.97 bits per heavy atom. The maximum atomic E-state index is 12.2. The first-order chi connectivity index (χ1) is 14.7. The molecule has 1 aliphatic rings. The molecule has 0 unspecified atom stereocenters. The number of carbonyl (C=O) groups excluding carboxylic acids is 1. The summed E-state index contributed by atoms with van der Waals surface area (Å²) in [6.45, 7) is 3.17. The average Bonchev–Trinajstić information content (AvgIpc) is 3.22. The minimum Gasteiger partial charge on any atom is -0.355 e. The van der Waals surface area contributed by atoms with E-state index in [1.54, 1.807) is 24.6 Å². The number of hydrogen-bond acceptors (Lipinski definition) is 6. The van der Waals surface area contributed by atoms with Crippen molar-refractivity contribution in [3.05, 3.63) is 40.5 Å². The maximum absolute atomic E-state index is 12.2. The lowest BCUT2D eigenvalue weighted by Crippen LogP contribution is -2.27. The molecule has 1 aromatic carbocycles. The van der Waals surface area contributed by atoms with E-state index in [1.165, 1.54) is 19.3 Å². The molecule has 3 heterocycles. The summed E-state index contributed by atoms with van der Waals surface area (Å²) in [6.07, 6.45) is 6.72. The maximum Gasteiger partial charge on any atom is 0.251 e. The molecule has 1 aliphatic heterocycles. The predicted octanol–water partition coefficient (Wildman–Crippen LogP) is 4.67. The van der Waals surface area contributed by atoms with Crippen molar-refractivity contribution in [3.8, 4) is 10.6 Å². The molecule has 8 heteroatoms. The second-order valence-corrected chi connectivity index (χ2v) is 9.50. The fourth-order valence-corrected chi connectivity index (χ4v) is 5.52. The van der Waals surface area contributed by atoms with Crippen molar-refractivity contribution in [1.29, 1.82) is 0 Å². The Morgan fingerprint density at radius 1 is 1.33 bits per heavy atom. The van der Waals surface area contributed by atoms with Crippen LogP contribution in [0.1, 0.15) is 36.0 Å². The van der Waals surface area contributed by atoms with Crippen LogP contribution in [-0.2, 0) is 0 Å². The Bertz CT molecular complexity index is 1030. The molecule has 0 radical (unpaired) electrons. The van der Waals surface area contributed by atoms with Crippen LogP contribution in [0.5, 0.6) is 0 Å². The van der Waals surface area contributed by atoms with Crippen LogP contribution in [0.2, 0.25) is 0 Å². The Kier molecular flexibility index (Phi) is 6.97. The van der Waals surface area contributed by atoms with E-state index < -0.39 is 0 Å². The molecule has 30 heavy (non-hydrogen) atoms. The molecule has 0 aliphatic carbocycles. The van der Waals surface area contributed by atoms with E-state index in [9.17, 15) is 4.79 Å². The van der Waals surface area contributed by atoms with Gasteiger partial charge in [-0.3, -0.25) is 4.79 Å². The van der Waals surface area contributed by atoms with Gasteiger partial charge in [0.25, 0.3) is 5.91 Å². The number of hydrogen-bond donors (Lipinski definition) is 3. The van der Waals surface area contributed by atoms with Gasteiger partial charge in [0, 0.05) is 35.4 Å². The lowest BCUT2D eigenvalue weighted by Gasteiger charge is -2.22. The molecule has 1 saturated heterocycles. The number of amides is 1. The molecule has 0 saturated carbocycles. The zero-order valence-corrected chi connectivity index (χ0v) is 19.4. The lowest BCUT2D eigenvalue weighted by atomic mass is 9.93.